The van der Waals surface area contributed by atoms with Gasteiger partial charge in [0.15, 0.2) is 0 Å². The summed E-state index contributed by atoms with van der Waals surface area (Å²) >= 11 is 0. The highest BCUT2D eigenvalue weighted by Gasteiger charge is 2.15. The Hall–Kier alpha value is -0.930. The SMILES string of the molecule is CCCNC(COC(C)C)c1ccccc1F. The van der Waals surface area contributed by atoms with Crippen molar-refractivity contribution >= 4 is 0 Å². The van der Waals surface area contributed by atoms with Crippen molar-refractivity contribution in [1.29, 1.82) is 0 Å². The zero-order chi connectivity index (χ0) is 12.7. The largest absolute Gasteiger partial charge is 0.377 e. The van der Waals surface area contributed by atoms with E-state index in [9.17, 15) is 4.39 Å². The highest BCUT2D eigenvalue weighted by Crippen LogP contribution is 2.17. The zero-order valence-electron chi connectivity index (χ0n) is 10.9. The van der Waals surface area contributed by atoms with Crippen LogP contribution in [-0.2, 0) is 4.74 Å². The molecular formula is C14H22FNO. The lowest BCUT2D eigenvalue weighted by Crippen LogP contribution is -2.28. The van der Waals surface area contributed by atoms with Gasteiger partial charge in [-0.3, -0.25) is 0 Å². The zero-order valence-corrected chi connectivity index (χ0v) is 10.9. The molecule has 0 fully saturated rings. The van der Waals surface area contributed by atoms with Crippen LogP contribution in [0.1, 0.15) is 38.8 Å². The van der Waals surface area contributed by atoms with E-state index in [2.05, 4.69) is 12.2 Å². The number of rotatable bonds is 7. The fourth-order valence-electron chi connectivity index (χ4n) is 1.62. The first-order valence-corrected chi connectivity index (χ1v) is 6.24. The summed E-state index contributed by atoms with van der Waals surface area (Å²) in [5.74, 6) is -0.173. The van der Waals surface area contributed by atoms with Gasteiger partial charge in [0, 0.05) is 5.56 Å². The van der Waals surface area contributed by atoms with Crippen LogP contribution >= 0.6 is 0 Å². The maximum Gasteiger partial charge on any atom is 0.128 e. The second-order valence-corrected chi connectivity index (χ2v) is 4.41. The Balaban J connectivity index is 2.71. The van der Waals surface area contributed by atoms with E-state index in [1.807, 2.05) is 26.0 Å². The van der Waals surface area contributed by atoms with E-state index in [1.54, 1.807) is 6.07 Å². The molecular weight excluding hydrogens is 217 g/mol. The monoisotopic (exact) mass is 239 g/mol. The maximum absolute atomic E-state index is 13.7. The van der Waals surface area contributed by atoms with Gasteiger partial charge in [0.05, 0.1) is 18.8 Å². The van der Waals surface area contributed by atoms with Crippen molar-refractivity contribution in [3.8, 4) is 0 Å². The Labute approximate surface area is 103 Å². The molecule has 0 aromatic heterocycles. The molecule has 96 valence electrons. The first-order chi connectivity index (χ1) is 8.15. The first-order valence-electron chi connectivity index (χ1n) is 6.24. The highest BCUT2D eigenvalue weighted by atomic mass is 19.1. The van der Waals surface area contributed by atoms with Crippen LogP contribution in [0.15, 0.2) is 24.3 Å². The van der Waals surface area contributed by atoms with Crippen molar-refractivity contribution in [1.82, 2.24) is 5.32 Å². The van der Waals surface area contributed by atoms with E-state index < -0.39 is 0 Å². The molecule has 0 aliphatic carbocycles. The summed E-state index contributed by atoms with van der Waals surface area (Å²) in [4.78, 5) is 0. The van der Waals surface area contributed by atoms with Gasteiger partial charge in [0.1, 0.15) is 5.82 Å². The third kappa shape index (κ3) is 4.84. The van der Waals surface area contributed by atoms with Crippen LogP contribution in [0.25, 0.3) is 0 Å². The van der Waals surface area contributed by atoms with E-state index in [-0.39, 0.29) is 18.0 Å². The van der Waals surface area contributed by atoms with Crippen LogP contribution in [0, 0.1) is 5.82 Å². The van der Waals surface area contributed by atoms with Gasteiger partial charge in [-0.1, -0.05) is 25.1 Å². The van der Waals surface area contributed by atoms with Crippen molar-refractivity contribution in [2.75, 3.05) is 13.2 Å². The molecule has 1 aromatic carbocycles. The van der Waals surface area contributed by atoms with Gasteiger partial charge in [-0.05, 0) is 32.9 Å². The third-order valence-electron chi connectivity index (χ3n) is 2.52. The van der Waals surface area contributed by atoms with Crippen molar-refractivity contribution in [3.63, 3.8) is 0 Å². The molecule has 0 radical (unpaired) electrons. The van der Waals surface area contributed by atoms with E-state index in [0.29, 0.717) is 12.2 Å². The number of nitrogens with one attached hydrogen (secondary N) is 1. The Kier molecular flexibility index (Phi) is 6.16. The molecule has 0 aliphatic rings. The molecule has 1 unspecified atom stereocenters. The summed E-state index contributed by atoms with van der Waals surface area (Å²) in [6.45, 7) is 7.42. The minimum Gasteiger partial charge on any atom is -0.377 e. The van der Waals surface area contributed by atoms with Crippen molar-refractivity contribution < 1.29 is 9.13 Å². The van der Waals surface area contributed by atoms with Gasteiger partial charge in [0.2, 0.25) is 0 Å². The molecule has 0 spiro atoms. The van der Waals surface area contributed by atoms with Crippen LogP contribution in [-0.4, -0.2) is 19.3 Å². The molecule has 17 heavy (non-hydrogen) atoms. The predicted molar refractivity (Wildman–Crippen MR) is 68.5 cm³/mol. The fourth-order valence-corrected chi connectivity index (χ4v) is 1.62. The first kappa shape index (κ1) is 14.1. The summed E-state index contributed by atoms with van der Waals surface area (Å²) in [5, 5.41) is 3.32. The summed E-state index contributed by atoms with van der Waals surface area (Å²) in [5.41, 5.74) is 0.682. The average molecular weight is 239 g/mol. The minimum absolute atomic E-state index is 0.0708. The molecule has 0 amide bonds. The van der Waals surface area contributed by atoms with E-state index >= 15 is 0 Å². The van der Waals surface area contributed by atoms with Crippen LogP contribution < -0.4 is 5.32 Å². The molecule has 1 N–H and O–H groups in total. The Bertz CT molecular complexity index is 328. The van der Waals surface area contributed by atoms with Crippen molar-refractivity contribution in [2.24, 2.45) is 0 Å². The van der Waals surface area contributed by atoms with Gasteiger partial charge < -0.3 is 10.1 Å². The predicted octanol–water partition coefficient (Wildman–Crippen LogP) is 3.29. The minimum atomic E-state index is -0.173. The quantitative estimate of drug-likeness (QED) is 0.788. The molecule has 0 saturated carbocycles. The summed E-state index contributed by atoms with van der Waals surface area (Å²) in [6.07, 6.45) is 1.18. The lowest BCUT2D eigenvalue weighted by molar-refractivity contribution is 0.0604. The third-order valence-corrected chi connectivity index (χ3v) is 2.52. The molecule has 2 nitrogen and oxygen atoms in total. The summed E-state index contributed by atoms with van der Waals surface area (Å²) in [7, 11) is 0. The van der Waals surface area contributed by atoms with Crippen LogP contribution in [0.2, 0.25) is 0 Å². The normalized spacial score (nSPS) is 13.0. The Morgan fingerprint density at radius 2 is 2.00 bits per heavy atom. The van der Waals surface area contributed by atoms with E-state index in [0.717, 1.165) is 13.0 Å². The van der Waals surface area contributed by atoms with E-state index in [1.165, 1.54) is 6.07 Å². The van der Waals surface area contributed by atoms with Gasteiger partial charge in [-0.15, -0.1) is 0 Å². The topological polar surface area (TPSA) is 21.3 Å². The fraction of sp³-hybridized carbons (Fsp3) is 0.571. The number of hydrogen-bond donors (Lipinski definition) is 1. The molecule has 0 bridgehead atoms. The number of benzene rings is 1. The van der Waals surface area contributed by atoms with E-state index in [4.69, 9.17) is 4.74 Å². The standard InChI is InChI=1S/C14H22FNO/c1-4-9-16-14(10-17-11(2)3)12-7-5-6-8-13(12)15/h5-8,11,14,16H,4,9-10H2,1-3H3. The van der Waals surface area contributed by atoms with Gasteiger partial charge in [-0.25, -0.2) is 4.39 Å². The molecule has 0 aliphatic heterocycles. The Morgan fingerprint density at radius 1 is 1.29 bits per heavy atom. The molecule has 0 saturated heterocycles. The van der Waals surface area contributed by atoms with Gasteiger partial charge in [-0.2, -0.15) is 0 Å². The molecule has 1 atom stereocenters. The molecule has 3 heteroatoms. The molecule has 1 rings (SSSR count). The summed E-state index contributed by atoms with van der Waals surface area (Å²) < 4.78 is 19.3. The second kappa shape index (κ2) is 7.41. The summed E-state index contributed by atoms with van der Waals surface area (Å²) in [6, 6.07) is 6.80. The number of ether oxygens (including phenoxy) is 1. The lowest BCUT2D eigenvalue weighted by Gasteiger charge is -2.21. The van der Waals surface area contributed by atoms with Crippen LogP contribution in [0.5, 0.6) is 0 Å². The van der Waals surface area contributed by atoms with Crippen LogP contribution in [0.3, 0.4) is 0 Å². The van der Waals surface area contributed by atoms with Gasteiger partial charge in [0.25, 0.3) is 0 Å². The maximum atomic E-state index is 13.7. The lowest BCUT2D eigenvalue weighted by atomic mass is 10.1. The van der Waals surface area contributed by atoms with Gasteiger partial charge >= 0.3 is 0 Å². The number of hydrogen-bond acceptors (Lipinski definition) is 2. The smallest absolute Gasteiger partial charge is 0.128 e. The van der Waals surface area contributed by atoms with Crippen molar-refractivity contribution in [3.05, 3.63) is 35.6 Å². The molecule has 1 aromatic rings. The second-order valence-electron chi connectivity index (χ2n) is 4.41. The van der Waals surface area contributed by atoms with Crippen LogP contribution in [0.4, 0.5) is 4.39 Å². The molecule has 0 heterocycles. The number of halogens is 1. The highest BCUT2D eigenvalue weighted by molar-refractivity contribution is 5.21. The van der Waals surface area contributed by atoms with Crippen molar-refractivity contribution in [2.45, 2.75) is 39.3 Å². The average Bonchev–Trinajstić information content (AvgIpc) is 2.30. The Morgan fingerprint density at radius 3 is 2.59 bits per heavy atom.